The predicted octanol–water partition coefficient (Wildman–Crippen LogP) is 7.55. The Bertz CT molecular complexity index is 1760. The molecular weight excluding hydrogens is 663 g/mol. The van der Waals surface area contributed by atoms with Crippen LogP contribution in [0.2, 0.25) is 19.6 Å². The van der Waals surface area contributed by atoms with E-state index >= 15 is 0 Å². The van der Waals surface area contributed by atoms with Crippen molar-refractivity contribution in [1.82, 2.24) is 15.0 Å². The molecule has 6 heteroatoms. The average molecular weight is 695 g/mol. The van der Waals surface area contributed by atoms with E-state index in [1.54, 1.807) is 18.2 Å². The van der Waals surface area contributed by atoms with Crippen LogP contribution in [-0.2, 0) is 20.1 Å². The quantitative estimate of drug-likeness (QED) is 0.142. The molecule has 0 bridgehead atoms. The SMILES string of the molecule is Cc1ccc2c(n1)oc1c[c-]c(-c3ccc([Si](C)(C)C)cn3)cc12.[2H]C([2H])([2H])c1ccc(-c2[c-]cccc2)nc1.[Ir]. The van der Waals surface area contributed by atoms with Gasteiger partial charge in [-0.2, -0.15) is 0 Å². The zero-order valence-electron chi connectivity index (χ0n) is 24.7. The number of aromatic nitrogens is 3. The molecule has 0 spiro atoms. The van der Waals surface area contributed by atoms with Crippen molar-refractivity contribution in [3.63, 3.8) is 0 Å². The molecule has 6 rings (SSSR count). The van der Waals surface area contributed by atoms with Crippen LogP contribution in [0.4, 0.5) is 0 Å². The molecule has 4 aromatic heterocycles. The summed E-state index contributed by atoms with van der Waals surface area (Å²) in [6, 6.07) is 29.4. The van der Waals surface area contributed by atoms with Crippen molar-refractivity contribution in [2.75, 3.05) is 0 Å². The van der Waals surface area contributed by atoms with E-state index in [9.17, 15) is 0 Å². The van der Waals surface area contributed by atoms with Crippen LogP contribution in [0.5, 0.6) is 0 Å². The first-order valence-corrected chi connectivity index (χ1v) is 15.6. The Morgan fingerprint density at radius 1 is 0.842 bits per heavy atom. The minimum absolute atomic E-state index is 0. The Labute approximate surface area is 242 Å². The van der Waals surface area contributed by atoms with E-state index < -0.39 is 14.9 Å². The van der Waals surface area contributed by atoms with Gasteiger partial charge in [0.25, 0.3) is 0 Å². The summed E-state index contributed by atoms with van der Waals surface area (Å²) in [5.74, 6) is 0. The van der Waals surface area contributed by atoms with Crippen LogP contribution in [0.1, 0.15) is 15.4 Å². The normalized spacial score (nSPS) is 12.6. The van der Waals surface area contributed by atoms with Gasteiger partial charge in [-0.1, -0.05) is 49.3 Å². The van der Waals surface area contributed by atoms with E-state index in [2.05, 4.69) is 71.0 Å². The second-order valence-corrected chi connectivity index (χ2v) is 15.0. The summed E-state index contributed by atoms with van der Waals surface area (Å²) in [5, 5.41) is 3.45. The van der Waals surface area contributed by atoms with E-state index in [4.69, 9.17) is 8.53 Å². The first kappa shape index (κ1) is 23.7. The van der Waals surface area contributed by atoms with Gasteiger partial charge in [-0.25, -0.2) is 4.98 Å². The van der Waals surface area contributed by atoms with E-state index in [0.717, 1.165) is 44.6 Å². The Hall–Kier alpha value is -3.44. The maximum Gasteiger partial charge on any atom is 0.216 e. The Kier molecular flexibility index (Phi) is 7.17. The van der Waals surface area contributed by atoms with Crippen LogP contribution in [0.25, 0.3) is 44.6 Å². The molecule has 4 nitrogen and oxygen atoms in total. The molecule has 38 heavy (non-hydrogen) atoms. The maximum absolute atomic E-state index is 7.23. The summed E-state index contributed by atoms with van der Waals surface area (Å²) in [6.45, 7) is 6.86. The van der Waals surface area contributed by atoms with Gasteiger partial charge < -0.3 is 14.4 Å². The van der Waals surface area contributed by atoms with Crippen molar-refractivity contribution in [2.24, 2.45) is 0 Å². The van der Waals surface area contributed by atoms with Gasteiger partial charge in [0.15, 0.2) is 0 Å². The number of pyridine rings is 3. The van der Waals surface area contributed by atoms with Crippen molar-refractivity contribution in [1.29, 1.82) is 0 Å². The number of nitrogens with zero attached hydrogens (tertiary/aromatic N) is 3. The van der Waals surface area contributed by atoms with Gasteiger partial charge in [0.05, 0.1) is 13.7 Å². The summed E-state index contributed by atoms with van der Waals surface area (Å²) in [7, 11) is -1.33. The second kappa shape index (κ2) is 11.5. The Morgan fingerprint density at radius 2 is 1.63 bits per heavy atom. The largest absolute Gasteiger partial charge is 0.486 e. The van der Waals surface area contributed by atoms with Crippen LogP contribution in [0.15, 0.2) is 89.6 Å². The molecule has 193 valence electrons. The van der Waals surface area contributed by atoms with Gasteiger partial charge in [-0.15, -0.1) is 59.7 Å². The summed E-state index contributed by atoms with van der Waals surface area (Å²) < 4.78 is 27.5. The van der Waals surface area contributed by atoms with E-state index in [1.165, 1.54) is 11.4 Å². The predicted molar refractivity (Wildman–Crippen MR) is 155 cm³/mol. The molecule has 0 aliphatic heterocycles. The summed E-state index contributed by atoms with van der Waals surface area (Å²) in [5.41, 5.74) is 6.21. The number of hydrogen-bond acceptors (Lipinski definition) is 4. The number of hydrogen-bond donors (Lipinski definition) is 0. The van der Waals surface area contributed by atoms with Crippen molar-refractivity contribution >= 4 is 35.3 Å². The molecule has 0 aliphatic carbocycles. The third-order valence-corrected chi connectivity index (χ3v) is 8.09. The summed E-state index contributed by atoms with van der Waals surface area (Å²) in [4.78, 5) is 13.2. The molecule has 0 fully saturated rings. The Balaban J connectivity index is 0.000000200. The molecule has 0 saturated carbocycles. The zero-order valence-corrected chi connectivity index (χ0v) is 25.1. The summed E-state index contributed by atoms with van der Waals surface area (Å²) >= 11 is 0. The molecule has 4 heterocycles. The fourth-order valence-corrected chi connectivity index (χ4v) is 4.98. The number of benzene rings is 2. The summed E-state index contributed by atoms with van der Waals surface area (Å²) in [6.07, 6.45) is 3.40. The molecule has 0 unspecified atom stereocenters. The Morgan fingerprint density at radius 3 is 2.29 bits per heavy atom. The molecule has 6 aromatic rings. The molecule has 2 aromatic carbocycles. The smallest absolute Gasteiger partial charge is 0.216 e. The number of aryl methyl sites for hydroxylation is 2. The van der Waals surface area contributed by atoms with Gasteiger partial charge in [-0.3, -0.25) is 0 Å². The van der Waals surface area contributed by atoms with Crippen molar-refractivity contribution in [3.05, 3.63) is 109 Å². The third-order valence-electron chi connectivity index (χ3n) is 6.06. The van der Waals surface area contributed by atoms with Crippen LogP contribution in [0, 0.1) is 25.9 Å². The van der Waals surface area contributed by atoms with Gasteiger partial charge in [0.2, 0.25) is 5.71 Å². The number of furan rings is 1. The van der Waals surface area contributed by atoms with E-state index in [0.29, 0.717) is 5.71 Å². The second-order valence-electron chi connectivity index (χ2n) is 9.92. The van der Waals surface area contributed by atoms with Crippen LogP contribution < -0.4 is 5.19 Å². The van der Waals surface area contributed by atoms with Crippen molar-refractivity contribution in [2.45, 2.75) is 33.4 Å². The first-order chi connectivity index (χ1) is 19.0. The van der Waals surface area contributed by atoms with Crippen LogP contribution in [0.3, 0.4) is 0 Å². The molecule has 0 atom stereocenters. The number of fused-ring (bicyclic) bond motifs is 3. The molecule has 0 N–H and O–H groups in total. The molecule has 0 saturated heterocycles. The third kappa shape index (κ3) is 6.16. The van der Waals surface area contributed by atoms with E-state index in [1.807, 2.05) is 43.5 Å². The van der Waals surface area contributed by atoms with Gasteiger partial charge in [0.1, 0.15) is 0 Å². The minimum atomic E-state index is -2.09. The van der Waals surface area contributed by atoms with Crippen molar-refractivity contribution in [3.8, 4) is 22.5 Å². The van der Waals surface area contributed by atoms with E-state index in [-0.39, 0.29) is 25.7 Å². The molecular formula is C32H29IrN3OSi-2. The standard InChI is InChI=1S/C20H19N2OSi.C12H10N.Ir/c1-13-5-8-16-17-11-14(6-10-19(17)23-20(16)22-13)18-9-7-15(12-21-18)24(2,3)4;1-10-7-8-12(13-9-10)11-5-3-2-4-6-11;/h5,7-12H,1-4H3;2-5,7-9H,1H3;/q2*-1;/i;1D3;. The van der Waals surface area contributed by atoms with Gasteiger partial charge >= 0.3 is 0 Å². The van der Waals surface area contributed by atoms with Crippen LogP contribution >= 0.6 is 0 Å². The average Bonchev–Trinajstić information content (AvgIpc) is 3.30. The zero-order chi connectivity index (χ0) is 28.5. The van der Waals surface area contributed by atoms with Crippen molar-refractivity contribution < 1.29 is 28.6 Å². The molecule has 0 aliphatic rings. The van der Waals surface area contributed by atoms with Gasteiger partial charge in [0, 0.05) is 47.7 Å². The fourth-order valence-electron chi connectivity index (χ4n) is 3.94. The maximum atomic E-state index is 7.23. The number of rotatable bonds is 3. The van der Waals surface area contributed by atoms with Crippen LogP contribution in [-0.4, -0.2) is 23.0 Å². The first-order valence-electron chi connectivity index (χ1n) is 13.6. The van der Waals surface area contributed by atoms with Gasteiger partial charge in [-0.05, 0) is 48.0 Å². The molecule has 0 amide bonds. The monoisotopic (exact) mass is 695 g/mol. The molecule has 1 radical (unpaired) electrons. The minimum Gasteiger partial charge on any atom is -0.486 e. The fraction of sp³-hybridized carbons (Fsp3) is 0.156. The topological polar surface area (TPSA) is 51.8 Å².